The first kappa shape index (κ1) is 28.3. The third-order valence-corrected chi connectivity index (χ3v) is 7.11. The smallest absolute Gasteiger partial charge is 0.255 e. The highest BCUT2D eigenvalue weighted by Crippen LogP contribution is 2.26. The third-order valence-electron chi connectivity index (χ3n) is 5.31. The first-order valence-electron chi connectivity index (χ1n) is 11.6. The van der Waals surface area contributed by atoms with Gasteiger partial charge in [-0.25, -0.2) is 18.1 Å². The van der Waals surface area contributed by atoms with Gasteiger partial charge in [0.15, 0.2) is 0 Å². The molecule has 0 aliphatic carbocycles. The fourth-order valence-corrected chi connectivity index (χ4v) is 4.64. The van der Waals surface area contributed by atoms with E-state index in [1.165, 1.54) is 31.4 Å². The molecule has 1 amide bonds. The number of nitrogens with zero attached hydrogens (tertiary/aromatic N) is 1. The molecule has 194 valence electrons. The molecule has 37 heavy (non-hydrogen) atoms. The standard InChI is InChI=1S/C28H30ClN3O4S/c1-19(2)17-27(32-26-8-6-5-7-20(26)3)24-18-22(11-14-25(24)29)31-28(33)21-9-12-23(13-10-21)37(34,35)30-15-16-36-4/h5-14,17-18,30H,15-16H2,1-4H3,(H,31,33). The van der Waals surface area contributed by atoms with E-state index in [2.05, 4.69) is 10.0 Å². The Morgan fingerprint density at radius 2 is 1.76 bits per heavy atom. The van der Waals surface area contributed by atoms with Crippen molar-refractivity contribution in [2.45, 2.75) is 25.7 Å². The van der Waals surface area contributed by atoms with Gasteiger partial charge in [0.1, 0.15) is 0 Å². The van der Waals surface area contributed by atoms with E-state index in [0.717, 1.165) is 16.8 Å². The average Bonchev–Trinajstić information content (AvgIpc) is 2.86. The number of carbonyl (C=O) groups excluding carboxylic acids is 1. The number of allylic oxidation sites excluding steroid dienone is 2. The van der Waals surface area contributed by atoms with Crippen LogP contribution in [0.5, 0.6) is 0 Å². The van der Waals surface area contributed by atoms with Crippen molar-refractivity contribution < 1.29 is 17.9 Å². The lowest BCUT2D eigenvalue weighted by Crippen LogP contribution is -2.27. The number of sulfonamides is 1. The molecular formula is C28H30ClN3O4S. The number of halogens is 1. The summed E-state index contributed by atoms with van der Waals surface area (Å²) < 4.78 is 32.0. The van der Waals surface area contributed by atoms with Crippen molar-refractivity contribution in [1.82, 2.24) is 4.72 Å². The molecule has 0 aliphatic rings. The topological polar surface area (TPSA) is 96.9 Å². The number of carbonyl (C=O) groups is 1. The predicted octanol–water partition coefficient (Wildman–Crippen LogP) is 5.91. The summed E-state index contributed by atoms with van der Waals surface area (Å²) >= 11 is 6.55. The number of hydrogen-bond donors (Lipinski definition) is 2. The molecule has 7 nitrogen and oxygen atoms in total. The van der Waals surface area contributed by atoms with Crippen LogP contribution in [0.3, 0.4) is 0 Å². The molecule has 0 aliphatic heterocycles. The predicted molar refractivity (Wildman–Crippen MR) is 150 cm³/mol. The molecule has 0 heterocycles. The molecule has 3 aromatic carbocycles. The molecule has 0 bridgehead atoms. The Morgan fingerprint density at radius 1 is 1.05 bits per heavy atom. The van der Waals surface area contributed by atoms with Gasteiger partial charge in [0.05, 0.1) is 27.9 Å². The molecule has 0 unspecified atom stereocenters. The minimum Gasteiger partial charge on any atom is -0.383 e. The van der Waals surface area contributed by atoms with Gasteiger partial charge in [-0.3, -0.25) is 4.79 Å². The normalized spacial score (nSPS) is 11.8. The number of nitrogens with one attached hydrogen (secondary N) is 2. The molecule has 0 saturated carbocycles. The molecule has 3 aromatic rings. The van der Waals surface area contributed by atoms with Crippen molar-refractivity contribution in [3.8, 4) is 0 Å². The van der Waals surface area contributed by atoms with Crippen molar-refractivity contribution >= 4 is 44.6 Å². The van der Waals surface area contributed by atoms with Crippen molar-refractivity contribution in [2.75, 3.05) is 25.6 Å². The van der Waals surface area contributed by atoms with Crippen LogP contribution < -0.4 is 10.0 Å². The summed E-state index contributed by atoms with van der Waals surface area (Å²) in [7, 11) is -2.20. The van der Waals surface area contributed by atoms with Gasteiger partial charge in [-0.05, 0) is 80.9 Å². The van der Waals surface area contributed by atoms with E-state index < -0.39 is 10.0 Å². The number of para-hydroxylation sites is 1. The average molecular weight is 540 g/mol. The van der Waals surface area contributed by atoms with Crippen LogP contribution in [-0.2, 0) is 14.8 Å². The van der Waals surface area contributed by atoms with E-state index in [4.69, 9.17) is 21.3 Å². The maximum absolute atomic E-state index is 12.9. The largest absolute Gasteiger partial charge is 0.383 e. The van der Waals surface area contributed by atoms with E-state index in [-0.39, 0.29) is 24.0 Å². The van der Waals surface area contributed by atoms with Crippen LogP contribution in [0.2, 0.25) is 5.02 Å². The maximum atomic E-state index is 12.9. The molecule has 0 aromatic heterocycles. The molecule has 2 N–H and O–H groups in total. The van der Waals surface area contributed by atoms with Gasteiger partial charge in [0.2, 0.25) is 10.0 Å². The van der Waals surface area contributed by atoms with E-state index in [9.17, 15) is 13.2 Å². The highest BCUT2D eigenvalue weighted by Gasteiger charge is 2.15. The van der Waals surface area contributed by atoms with E-state index in [1.807, 2.05) is 51.1 Å². The van der Waals surface area contributed by atoms with Crippen molar-refractivity contribution in [1.29, 1.82) is 0 Å². The summed E-state index contributed by atoms with van der Waals surface area (Å²) in [6.45, 7) is 6.35. The second-order valence-electron chi connectivity index (χ2n) is 8.57. The number of rotatable bonds is 10. The Morgan fingerprint density at radius 3 is 2.41 bits per heavy atom. The minimum absolute atomic E-state index is 0.0627. The first-order chi connectivity index (χ1) is 17.6. The van der Waals surface area contributed by atoms with Crippen molar-refractivity contribution in [3.63, 3.8) is 0 Å². The summed E-state index contributed by atoms with van der Waals surface area (Å²) in [5.74, 6) is -0.385. The number of aliphatic imine (C=N–C) groups is 1. The SMILES string of the molecule is COCCNS(=O)(=O)c1ccc(C(=O)Nc2ccc(Cl)c(C(C=C(C)C)=Nc3ccccc3C)c2)cc1. The lowest BCUT2D eigenvalue weighted by molar-refractivity contribution is 0.102. The van der Waals surface area contributed by atoms with E-state index in [0.29, 0.717) is 27.5 Å². The number of ether oxygens (including phenoxy) is 1. The minimum atomic E-state index is -3.69. The zero-order valence-electron chi connectivity index (χ0n) is 21.2. The second kappa shape index (κ2) is 12.8. The van der Waals surface area contributed by atoms with Crippen LogP contribution in [-0.4, -0.2) is 40.3 Å². The second-order valence-corrected chi connectivity index (χ2v) is 10.7. The number of anilines is 1. The molecule has 0 radical (unpaired) electrons. The fraction of sp³-hybridized carbons (Fsp3) is 0.214. The van der Waals surface area contributed by atoms with Gasteiger partial charge in [0.25, 0.3) is 5.91 Å². The number of amides is 1. The van der Waals surface area contributed by atoms with Crippen molar-refractivity contribution in [2.24, 2.45) is 4.99 Å². The zero-order chi connectivity index (χ0) is 27.0. The molecule has 0 spiro atoms. The van der Waals surface area contributed by atoms with Crippen LogP contribution in [0.1, 0.15) is 35.3 Å². The highest BCUT2D eigenvalue weighted by molar-refractivity contribution is 7.89. The summed E-state index contributed by atoms with van der Waals surface area (Å²) in [4.78, 5) is 17.8. The Kier molecular flexibility index (Phi) is 9.77. The van der Waals surface area contributed by atoms with Crippen LogP contribution in [0.15, 0.2) is 88.3 Å². The Hall–Kier alpha value is -3.30. The Labute approximate surface area is 223 Å². The number of methoxy groups -OCH3 is 1. The van der Waals surface area contributed by atoms with Gasteiger partial charge >= 0.3 is 0 Å². The quantitative estimate of drug-likeness (QED) is 0.247. The highest BCUT2D eigenvalue weighted by atomic mass is 35.5. The molecule has 0 fully saturated rings. The van der Waals surface area contributed by atoms with Crippen LogP contribution in [0.4, 0.5) is 11.4 Å². The van der Waals surface area contributed by atoms with Crippen LogP contribution >= 0.6 is 11.6 Å². The fourth-order valence-electron chi connectivity index (χ4n) is 3.41. The van der Waals surface area contributed by atoms with E-state index >= 15 is 0 Å². The third kappa shape index (κ3) is 7.84. The van der Waals surface area contributed by atoms with Gasteiger partial charge in [-0.2, -0.15) is 0 Å². The van der Waals surface area contributed by atoms with Gasteiger partial charge in [-0.1, -0.05) is 35.4 Å². The van der Waals surface area contributed by atoms with Crippen LogP contribution in [0, 0.1) is 6.92 Å². The lowest BCUT2D eigenvalue weighted by Gasteiger charge is -2.12. The summed E-state index contributed by atoms with van der Waals surface area (Å²) in [5, 5.41) is 3.35. The zero-order valence-corrected chi connectivity index (χ0v) is 22.8. The number of aryl methyl sites for hydroxylation is 1. The summed E-state index contributed by atoms with van der Waals surface area (Å²) in [5.41, 5.74) is 5.09. The Bertz CT molecular complexity index is 1430. The maximum Gasteiger partial charge on any atom is 0.255 e. The lowest BCUT2D eigenvalue weighted by atomic mass is 10.1. The number of hydrogen-bond acceptors (Lipinski definition) is 5. The molecule has 3 rings (SSSR count). The molecule has 0 atom stereocenters. The van der Waals surface area contributed by atoms with Gasteiger partial charge < -0.3 is 10.1 Å². The van der Waals surface area contributed by atoms with E-state index in [1.54, 1.807) is 18.2 Å². The van der Waals surface area contributed by atoms with Gasteiger partial charge in [0, 0.05) is 30.5 Å². The van der Waals surface area contributed by atoms with Crippen LogP contribution in [0.25, 0.3) is 0 Å². The van der Waals surface area contributed by atoms with Gasteiger partial charge in [-0.15, -0.1) is 0 Å². The number of benzene rings is 3. The summed E-state index contributed by atoms with van der Waals surface area (Å²) in [6, 6.07) is 18.7. The Balaban J connectivity index is 1.86. The van der Waals surface area contributed by atoms with Crippen molar-refractivity contribution in [3.05, 3.63) is 100 Å². The molecular weight excluding hydrogens is 510 g/mol. The summed E-state index contributed by atoms with van der Waals surface area (Å²) in [6.07, 6.45) is 1.94. The molecule has 0 saturated heterocycles. The first-order valence-corrected chi connectivity index (χ1v) is 13.5. The monoisotopic (exact) mass is 539 g/mol. The molecule has 9 heteroatoms.